The molecule has 3 aliphatic heterocycles. The fraction of sp³-hybridized carbons (Fsp3) is 0.471. The maximum Gasteiger partial charge on any atom is 0.281 e. The highest BCUT2D eigenvalue weighted by Crippen LogP contribution is 2.53. The van der Waals surface area contributed by atoms with Gasteiger partial charge in [-0.2, -0.15) is 13.7 Å². The molecule has 0 bridgehead atoms. The van der Waals surface area contributed by atoms with E-state index in [1.54, 1.807) is 25.3 Å². The van der Waals surface area contributed by atoms with Gasteiger partial charge in [-0.15, -0.1) is 0 Å². The molecule has 3 aliphatic rings. The number of likely N-dealkylation sites (N-methyl/N-ethyl adjacent to an activating group) is 1. The number of anilines is 1. The number of fused-ring (bicyclic) bond motifs is 1. The Balaban J connectivity index is 1.50. The number of nitrogens with zero attached hydrogens (tertiary/aromatic N) is 6. The lowest BCUT2D eigenvalue weighted by Crippen LogP contribution is -2.57. The third-order valence-corrected chi connectivity index (χ3v) is 11.4. The van der Waals surface area contributed by atoms with Crippen molar-refractivity contribution in [2.24, 2.45) is 0 Å². The summed E-state index contributed by atoms with van der Waals surface area (Å²) in [6.07, 6.45) is 3.30. The van der Waals surface area contributed by atoms with Gasteiger partial charge in [-0.05, 0) is 75.3 Å². The summed E-state index contributed by atoms with van der Waals surface area (Å²) < 4.78 is 47.5. The molecule has 6 rings (SSSR count). The summed E-state index contributed by atoms with van der Waals surface area (Å²) in [5, 5.41) is 9.94. The Bertz CT molecular complexity index is 1700. The third kappa shape index (κ3) is 5.66. The quantitative estimate of drug-likeness (QED) is 0.342. The van der Waals surface area contributed by atoms with Crippen molar-refractivity contribution in [2.45, 2.75) is 36.4 Å². The summed E-state index contributed by atoms with van der Waals surface area (Å²) in [5.41, 5.74) is 1.56. The van der Waals surface area contributed by atoms with Gasteiger partial charge in [0.25, 0.3) is 10.0 Å². The molecule has 4 heterocycles. The van der Waals surface area contributed by atoms with Crippen LogP contribution in [0.2, 0.25) is 0 Å². The zero-order valence-corrected chi connectivity index (χ0v) is 27.8. The minimum absolute atomic E-state index is 0.0798. The lowest BCUT2D eigenvalue weighted by Gasteiger charge is -2.48. The van der Waals surface area contributed by atoms with Crippen molar-refractivity contribution in [3.8, 4) is 23.3 Å². The van der Waals surface area contributed by atoms with Crippen molar-refractivity contribution in [1.29, 1.82) is 5.26 Å². The second-order valence-electron chi connectivity index (χ2n) is 12.1. The maximum absolute atomic E-state index is 14.4. The Morgan fingerprint density at radius 2 is 1.65 bits per heavy atom. The van der Waals surface area contributed by atoms with E-state index in [1.165, 1.54) is 23.7 Å². The minimum Gasteiger partial charge on any atom is -0.497 e. The van der Waals surface area contributed by atoms with Crippen LogP contribution in [0.25, 0.3) is 0 Å². The van der Waals surface area contributed by atoms with Crippen LogP contribution in [0, 0.1) is 11.3 Å². The first-order valence-corrected chi connectivity index (χ1v) is 17.3. The van der Waals surface area contributed by atoms with Crippen LogP contribution in [0.5, 0.6) is 17.2 Å². The second kappa shape index (κ2) is 13.1. The predicted octanol–water partition coefficient (Wildman–Crippen LogP) is 3.53. The Morgan fingerprint density at radius 3 is 2.28 bits per heavy atom. The van der Waals surface area contributed by atoms with E-state index in [0.717, 1.165) is 63.2 Å². The van der Waals surface area contributed by atoms with Crippen molar-refractivity contribution >= 4 is 15.7 Å². The minimum atomic E-state index is -4.12. The lowest BCUT2D eigenvalue weighted by atomic mass is 9.80. The molecule has 244 valence electrons. The summed E-state index contributed by atoms with van der Waals surface area (Å²) >= 11 is 0. The van der Waals surface area contributed by atoms with E-state index < -0.39 is 15.6 Å². The van der Waals surface area contributed by atoms with Crippen LogP contribution >= 0.6 is 0 Å². The van der Waals surface area contributed by atoms with Crippen LogP contribution in [-0.2, 0) is 15.6 Å². The van der Waals surface area contributed by atoms with Gasteiger partial charge in [-0.3, -0.25) is 14.1 Å². The predicted molar refractivity (Wildman–Crippen MR) is 175 cm³/mol. The highest BCUT2D eigenvalue weighted by atomic mass is 32.2. The number of nitriles is 1. The van der Waals surface area contributed by atoms with Crippen LogP contribution in [0.4, 0.5) is 5.69 Å². The topological polar surface area (TPSA) is 111 Å². The fourth-order valence-electron chi connectivity index (χ4n) is 7.21. The molecule has 0 radical (unpaired) electrons. The normalized spacial score (nSPS) is 21.5. The van der Waals surface area contributed by atoms with Gasteiger partial charge in [-0.1, -0.05) is 0 Å². The zero-order valence-electron chi connectivity index (χ0n) is 27.0. The number of aromatic nitrogens is 1. The average molecular weight is 647 g/mol. The van der Waals surface area contributed by atoms with Gasteiger partial charge in [0.05, 0.1) is 56.4 Å². The first-order chi connectivity index (χ1) is 22.2. The highest BCUT2D eigenvalue weighted by Gasteiger charge is 2.54. The molecule has 11 nitrogen and oxygen atoms in total. The zero-order chi connectivity index (χ0) is 32.5. The number of hydrogen-bond donors (Lipinski definition) is 0. The molecule has 0 aliphatic carbocycles. The lowest BCUT2D eigenvalue weighted by molar-refractivity contribution is 0.0354. The second-order valence-corrected chi connectivity index (χ2v) is 13.9. The van der Waals surface area contributed by atoms with E-state index in [0.29, 0.717) is 41.1 Å². The van der Waals surface area contributed by atoms with E-state index in [1.807, 2.05) is 31.2 Å². The van der Waals surface area contributed by atoms with Crippen LogP contribution in [-0.4, -0.2) is 108 Å². The monoisotopic (exact) mass is 646 g/mol. The number of piperidine rings is 1. The molecular weight excluding hydrogens is 604 g/mol. The summed E-state index contributed by atoms with van der Waals surface area (Å²) in [6.45, 7) is 8.14. The standard InChI is InChI=1S/C34H42N6O5S/c1-5-45-32-10-7-27(43-3)21-30(32)34(39-14-12-26(13-15-39)38-18-16-37(2)17-19-38)24-40(31-9-6-25(22-35)20-29(31)34)46(41,42)33-11-8-28(44-4)23-36-33/h6-11,20-21,23,26H,5,12-19,24H2,1-4H3. The van der Waals surface area contributed by atoms with Gasteiger partial charge in [0.1, 0.15) is 17.2 Å². The fourth-order valence-corrected chi connectivity index (χ4v) is 8.64. The Kier molecular flexibility index (Phi) is 9.12. The van der Waals surface area contributed by atoms with Crippen LogP contribution in [0.1, 0.15) is 36.5 Å². The van der Waals surface area contributed by atoms with Crippen molar-refractivity contribution in [1.82, 2.24) is 19.7 Å². The summed E-state index contributed by atoms with van der Waals surface area (Å²) in [7, 11) is 1.19. The van der Waals surface area contributed by atoms with Gasteiger partial charge in [0.15, 0.2) is 5.03 Å². The van der Waals surface area contributed by atoms with Crippen LogP contribution < -0.4 is 18.5 Å². The van der Waals surface area contributed by atoms with Crippen molar-refractivity contribution in [3.63, 3.8) is 0 Å². The molecule has 0 amide bonds. The van der Waals surface area contributed by atoms with E-state index in [2.05, 4.69) is 32.8 Å². The Labute approximate surface area is 271 Å². The molecule has 2 aromatic carbocycles. The molecular formula is C34H42N6O5S. The number of sulfonamides is 1. The number of rotatable bonds is 9. The molecule has 0 spiro atoms. The molecule has 1 unspecified atom stereocenters. The number of methoxy groups -OCH3 is 2. The highest BCUT2D eigenvalue weighted by molar-refractivity contribution is 7.92. The van der Waals surface area contributed by atoms with E-state index >= 15 is 0 Å². The Morgan fingerprint density at radius 1 is 0.935 bits per heavy atom. The number of likely N-dealkylation sites (tertiary alicyclic amines) is 1. The third-order valence-electron chi connectivity index (χ3n) is 9.70. The SMILES string of the molecule is CCOc1ccc(OC)cc1C1(N2CCC(N3CCN(C)CC3)CC2)CN(S(=O)(=O)c2ccc(OC)cn2)c2ccc(C#N)cc21. The summed E-state index contributed by atoms with van der Waals surface area (Å²) in [6, 6.07) is 16.8. The van der Waals surface area contributed by atoms with Gasteiger partial charge >= 0.3 is 0 Å². The molecule has 46 heavy (non-hydrogen) atoms. The van der Waals surface area contributed by atoms with Gasteiger partial charge < -0.3 is 19.1 Å². The van der Waals surface area contributed by atoms with Crippen LogP contribution in [0.15, 0.2) is 59.8 Å². The molecule has 12 heteroatoms. The van der Waals surface area contributed by atoms with E-state index in [4.69, 9.17) is 14.2 Å². The van der Waals surface area contributed by atoms with Crippen molar-refractivity contribution in [3.05, 3.63) is 71.4 Å². The molecule has 2 saturated heterocycles. The van der Waals surface area contributed by atoms with E-state index in [9.17, 15) is 13.7 Å². The van der Waals surface area contributed by atoms with Gasteiger partial charge in [0.2, 0.25) is 0 Å². The molecule has 1 aromatic heterocycles. The molecule has 3 aromatic rings. The molecule has 2 fully saturated rings. The maximum atomic E-state index is 14.4. The first kappa shape index (κ1) is 32.1. The average Bonchev–Trinajstić information content (AvgIpc) is 3.45. The molecule has 0 N–H and O–H groups in total. The summed E-state index contributed by atoms with van der Waals surface area (Å²) in [4.78, 5) is 11.6. The number of ether oxygens (including phenoxy) is 3. The number of piperazine rings is 1. The largest absolute Gasteiger partial charge is 0.497 e. The van der Waals surface area contributed by atoms with Gasteiger partial charge in [-0.25, -0.2) is 4.98 Å². The first-order valence-electron chi connectivity index (χ1n) is 15.8. The molecule has 0 saturated carbocycles. The number of hydrogen-bond acceptors (Lipinski definition) is 10. The number of pyridine rings is 1. The molecule has 1 atom stereocenters. The number of benzene rings is 2. The van der Waals surface area contributed by atoms with E-state index in [-0.39, 0.29) is 11.6 Å². The summed E-state index contributed by atoms with van der Waals surface area (Å²) in [5.74, 6) is 1.76. The van der Waals surface area contributed by atoms with Crippen molar-refractivity contribution in [2.75, 3.05) is 78.0 Å². The smallest absolute Gasteiger partial charge is 0.281 e. The Hall–Kier alpha value is -3.89. The van der Waals surface area contributed by atoms with Crippen molar-refractivity contribution < 1.29 is 22.6 Å². The van der Waals surface area contributed by atoms with Crippen LogP contribution in [0.3, 0.4) is 0 Å². The van der Waals surface area contributed by atoms with Gasteiger partial charge in [0, 0.05) is 56.4 Å².